The van der Waals surface area contributed by atoms with Crippen molar-refractivity contribution in [1.82, 2.24) is 20.3 Å². The fraction of sp³-hybridized carbons (Fsp3) is 0.400. The maximum absolute atomic E-state index is 15.0. The van der Waals surface area contributed by atoms with Crippen LogP contribution in [0.4, 0.5) is 26.7 Å². The SMILES string of the molecule is CCOC(CN(C(=O)C(Cc1c(F)c(F)c(F)c(F)c1F)NC(=O)C(CNS(=O)(=O)c1ccc(Cl)cc1Cl)NC(=O)OCc1ccccc1)C(C)C)OCC. The van der Waals surface area contributed by atoms with Crippen molar-refractivity contribution in [2.75, 3.05) is 26.3 Å². The third kappa shape index (κ3) is 12.5. The van der Waals surface area contributed by atoms with Gasteiger partial charge in [0.1, 0.15) is 23.6 Å². The van der Waals surface area contributed by atoms with Crippen LogP contribution < -0.4 is 15.4 Å². The molecule has 0 heterocycles. The first kappa shape index (κ1) is 45.3. The number of carbonyl (C=O) groups excluding carboxylic acids is 3. The van der Waals surface area contributed by atoms with Crippen LogP contribution in [0.3, 0.4) is 0 Å². The van der Waals surface area contributed by atoms with Crippen molar-refractivity contribution < 1.29 is 59.0 Å². The van der Waals surface area contributed by atoms with E-state index in [1.807, 2.05) is 0 Å². The first-order valence-electron chi connectivity index (χ1n) is 16.7. The van der Waals surface area contributed by atoms with Gasteiger partial charge in [-0.05, 0) is 51.5 Å². The summed E-state index contributed by atoms with van der Waals surface area (Å²) in [6.07, 6.45) is -3.56. The highest BCUT2D eigenvalue weighted by atomic mass is 35.5. The zero-order valence-corrected chi connectivity index (χ0v) is 32.3. The van der Waals surface area contributed by atoms with Crippen LogP contribution in [0.1, 0.15) is 38.8 Å². The van der Waals surface area contributed by atoms with Crippen molar-refractivity contribution in [2.24, 2.45) is 0 Å². The molecule has 55 heavy (non-hydrogen) atoms. The van der Waals surface area contributed by atoms with E-state index >= 15 is 0 Å². The number of ether oxygens (including phenoxy) is 3. The van der Waals surface area contributed by atoms with Crippen LogP contribution in [0.5, 0.6) is 0 Å². The third-order valence-electron chi connectivity index (χ3n) is 7.76. The third-order valence-corrected chi connectivity index (χ3v) is 9.90. The largest absolute Gasteiger partial charge is 0.445 e. The van der Waals surface area contributed by atoms with Crippen molar-refractivity contribution in [3.63, 3.8) is 0 Å². The number of carbonyl (C=O) groups is 3. The summed E-state index contributed by atoms with van der Waals surface area (Å²) < 4.78 is 117. The van der Waals surface area contributed by atoms with Gasteiger partial charge in [0.15, 0.2) is 29.6 Å². The lowest BCUT2D eigenvalue weighted by Crippen LogP contribution is -2.59. The molecule has 302 valence electrons. The second-order valence-corrected chi connectivity index (χ2v) is 14.5. The molecular formula is C35H39Cl2F5N4O8S. The van der Waals surface area contributed by atoms with Gasteiger partial charge in [-0.3, -0.25) is 9.59 Å². The predicted molar refractivity (Wildman–Crippen MR) is 191 cm³/mol. The number of rotatable bonds is 19. The Hall–Kier alpha value is -4.07. The lowest BCUT2D eigenvalue weighted by molar-refractivity contribution is -0.163. The van der Waals surface area contributed by atoms with Crippen LogP contribution in [-0.2, 0) is 46.9 Å². The predicted octanol–water partition coefficient (Wildman–Crippen LogP) is 5.63. The standard InChI is InChI=1S/C35H39Cl2F5N4O8S/c1-5-52-27(53-6-2)17-46(19(3)4)34(48)24(15-22-28(38)30(40)32(42)31(41)29(22)39)44-33(47)25(45-35(49)54-18-20-10-8-7-9-11-20)16-43-55(50,51)26-13-12-21(36)14-23(26)37/h7-14,19,24-25,27,43H,5-6,15-18H2,1-4H3,(H,44,47)(H,45,49). The smallest absolute Gasteiger partial charge is 0.408 e. The molecule has 0 aliphatic heterocycles. The number of amides is 3. The molecule has 2 atom stereocenters. The van der Waals surface area contributed by atoms with Gasteiger partial charge in [0.25, 0.3) is 0 Å². The molecule has 3 rings (SSSR count). The second kappa shape index (κ2) is 20.7. The Bertz CT molecular complexity index is 1900. The quantitative estimate of drug-likeness (QED) is 0.0609. The molecule has 0 aliphatic rings. The van der Waals surface area contributed by atoms with E-state index in [0.717, 1.165) is 17.0 Å². The number of hydrogen-bond acceptors (Lipinski definition) is 8. The molecule has 12 nitrogen and oxygen atoms in total. The Balaban J connectivity index is 2.04. The lowest BCUT2D eigenvalue weighted by atomic mass is 10.0. The maximum Gasteiger partial charge on any atom is 0.408 e. The molecule has 0 aliphatic carbocycles. The van der Waals surface area contributed by atoms with E-state index in [-0.39, 0.29) is 36.4 Å². The summed E-state index contributed by atoms with van der Waals surface area (Å²) in [7, 11) is -4.53. The molecule has 0 fully saturated rings. The molecular weight excluding hydrogens is 802 g/mol. The van der Waals surface area contributed by atoms with Gasteiger partial charge in [0.05, 0.1) is 11.6 Å². The highest BCUT2D eigenvalue weighted by molar-refractivity contribution is 7.89. The highest BCUT2D eigenvalue weighted by Gasteiger charge is 2.36. The van der Waals surface area contributed by atoms with Gasteiger partial charge < -0.3 is 29.7 Å². The molecule has 0 aromatic heterocycles. The summed E-state index contributed by atoms with van der Waals surface area (Å²) in [6.45, 7) is 5.11. The summed E-state index contributed by atoms with van der Waals surface area (Å²) in [5, 5.41) is 4.17. The number of halogens is 7. The van der Waals surface area contributed by atoms with Crippen LogP contribution in [0, 0.1) is 29.1 Å². The van der Waals surface area contributed by atoms with E-state index in [2.05, 4.69) is 15.4 Å². The molecule has 3 amide bonds. The fourth-order valence-electron chi connectivity index (χ4n) is 5.03. The van der Waals surface area contributed by atoms with Gasteiger partial charge in [0, 0.05) is 42.8 Å². The first-order chi connectivity index (χ1) is 25.9. The Morgan fingerprint density at radius 3 is 1.95 bits per heavy atom. The second-order valence-electron chi connectivity index (χ2n) is 11.9. The fourth-order valence-corrected chi connectivity index (χ4v) is 6.85. The van der Waals surface area contributed by atoms with Crippen molar-refractivity contribution in [2.45, 2.75) is 70.0 Å². The van der Waals surface area contributed by atoms with Crippen LogP contribution >= 0.6 is 23.2 Å². The zero-order valence-electron chi connectivity index (χ0n) is 29.9. The summed E-state index contributed by atoms with van der Waals surface area (Å²) in [4.78, 5) is 41.6. The minimum Gasteiger partial charge on any atom is -0.445 e. The van der Waals surface area contributed by atoms with Gasteiger partial charge in [-0.15, -0.1) is 0 Å². The normalized spacial score (nSPS) is 12.7. The van der Waals surface area contributed by atoms with Crippen molar-refractivity contribution >= 4 is 51.1 Å². The van der Waals surface area contributed by atoms with Gasteiger partial charge in [-0.1, -0.05) is 53.5 Å². The number of hydrogen-bond donors (Lipinski definition) is 3. The van der Waals surface area contributed by atoms with Crippen LogP contribution in [0.15, 0.2) is 53.4 Å². The number of nitrogens with one attached hydrogen (secondary N) is 3. The number of nitrogens with zero attached hydrogens (tertiary/aromatic N) is 1. The number of sulfonamides is 1. The van der Waals surface area contributed by atoms with E-state index in [4.69, 9.17) is 37.4 Å². The van der Waals surface area contributed by atoms with Crippen molar-refractivity contribution in [3.8, 4) is 0 Å². The van der Waals surface area contributed by atoms with Gasteiger partial charge in [-0.25, -0.2) is 39.9 Å². The van der Waals surface area contributed by atoms with Gasteiger partial charge >= 0.3 is 6.09 Å². The molecule has 0 bridgehead atoms. The molecule has 0 saturated carbocycles. The maximum atomic E-state index is 15.0. The van der Waals surface area contributed by atoms with Gasteiger partial charge in [0.2, 0.25) is 27.7 Å². The van der Waals surface area contributed by atoms with Crippen LogP contribution in [0.25, 0.3) is 0 Å². The topological polar surface area (TPSA) is 152 Å². The zero-order chi connectivity index (χ0) is 41.0. The lowest BCUT2D eigenvalue weighted by Gasteiger charge is -2.34. The van der Waals surface area contributed by atoms with Crippen LogP contribution in [0.2, 0.25) is 10.0 Å². The molecule has 2 unspecified atom stereocenters. The average molecular weight is 842 g/mol. The summed E-state index contributed by atoms with van der Waals surface area (Å²) >= 11 is 12.0. The van der Waals surface area contributed by atoms with Crippen molar-refractivity contribution in [1.29, 1.82) is 0 Å². The number of alkyl carbamates (subject to hydrolysis) is 1. The Labute approximate surface area is 324 Å². The molecule has 0 radical (unpaired) electrons. The summed E-state index contributed by atoms with van der Waals surface area (Å²) in [5.41, 5.74) is -0.897. The average Bonchev–Trinajstić information content (AvgIpc) is 3.14. The minimum atomic E-state index is -4.53. The van der Waals surface area contributed by atoms with E-state index in [1.165, 1.54) is 19.9 Å². The molecule has 0 spiro atoms. The molecule has 20 heteroatoms. The molecule has 3 aromatic carbocycles. The Kier molecular flexibility index (Phi) is 17.1. The van der Waals surface area contributed by atoms with E-state index in [0.29, 0.717) is 5.56 Å². The minimum absolute atomic E-state index is 0.109. The Morgan fingerprint density at radius 1 is 0.818 bits per heavy atom. The van der Waals surface area contributed by atoms with Crippen LogP contribution in [-0.4, -0.2) is 81.9 Å². The van der Waals surface area contributed by atoms with Crippen molar-refractivity contribution in [3.05, 3.63) is 98.8 Å². The summed E-state index contributed by atoms with van der Waals surface area (Å²) in [5.74, 6) is -14.0. The van der Waals surface area contributed by atoms with Gasteiger partial charge in [-0.2, -0.15) is 0 Å². The Morgan fingerprint density at radius 2 is 1.40 bits per heavy atom. The van der Waals surface area contributed by atoms with E-state index in [9.17, 15) is 44.8 Å². The molecule has 3 N–H and O–H groups in total. The summed E-state index contributed by atoms with van der Waals surface area (Å²) in [6, 6.07) is 6.99. The van der Waals surface area contributed by atoms with E-state index < -0.39 is 105 Å². The number of benzene rings is 3. The monoisotopic (exact) mass is 840 g/mol. The highest BCUT2D eigenvalue weighted by Crippen LogP contribution is 2.26. The first-order valence-corrected chi connectivity index (χ1v) is 18.9. The molecule has 0 saturated heterocycles. The molecule has 3 aromatic rings. The van der Waals surface area contributed by atoms with E-state index in [1.54, 1.807) is 44.2 Å².